The quantitative estimate of drug-likeness (QED) is 0.849. The molecule has 0 bridgehead atoms. The van der Waals surface area contributed by atoms with Gasteiger partial charge in [-0.15, -0.1) is 0 Å². The van der Waals surface area contributed by atoms with E-state index < -0.39 is 0 Å². The van der Waals surface area contributed by atoms with E-state index in [9.17, 15) is 0 Å². The van der Waals surface area contributed by atoms with Crippen molar-refractivity contribution in [1.29, 1.82) is 0 Å². The molecule has 0 fully saturated rings. The van der Waals surface area contributed by atoms with Crippen molar-refractivity contribution in [3.63, 3.8) is 0 Å². The highest BCUT2D eigenvalue weighted by molar-refractivity contribution is 5.56. The van der Waals surface area contributed by atoms with Crippen LogP contribution >= 0.6 is 0 Å². The molecule has 0 radical (unpaired) electrons. The lowest BCUT2D eigenvalue weighted by Gasteiger charge is -2.36. The second kappa shape index (κ2) is 7.12. The zero-order valence-electron chi connectivity index (χ0n) is 13.6. The number of nitrogens with one attached hydrogen (secondary N) is 1. The van der Waals surface area contributed by atoms with Gasteiger partial charge in [0.2, 0.25) is 0 Å². The Bertz CT molecular complexity index is 425. The molecule has 1 aromatic carbocycles. The van der Waals surface area contributed by atoms with Gasteiger partial charge in [0.05, 0.1) is 0 Å². The number of rotatable bonds is 6. The van der Waals surface area contributed by atoms with Gasteiger partial charge in [0.1, 0.15) is 0 Å². The van der Waals surface area contributed by atoms with Gasteiger partial charge in [-0.05, 0) is 50.3 Å². The van der Waals surface area contributed by atoms with Crippen molar-refractivity contribution >= 4 is 5.69 Å². The molecule has 0 aliphatic carbocycles. The van der Waals surface area contributed by atoms with Gasteiger partial charge in [0, 0.05) is 24.8 Å². The fourth-order valence-corrected chi connectivity index (χ4v) is 3.07. The van der Waals surface area contributed by atoms with Crippen molar-refractivity contribution < 1.29 is 0 Å². The monoisotopic (exact) mass is 274 g/mol. The Hall–Kier alpha value is -1.02. The molecule has 1 unspecified atom stereocenters. The molecule has 0 aromatic heterocycles. The highest BCUT2D eigenvalue weighted by Gasteiger charge is 2.21. The zero-order chi connectivity index (χ0) is 14.5. The van der Waals surface area contributed by atoms with Crippen LogP contribution < -0.4 is 10.2 Å². The second-order valence-electron chi connectivity index (χ2n) is 6.49. The van der Waals surface area contributed by atoms with Crippen LogP contribution in [0, 0.1) is 12.8 Å². The number of benzene rings is 1. The summed E-state index contributed by atoms with van der Waals surface area (Å²) < 4.78 is 0. The molecule has 2 heteroatoms. The molecule has 1 atom stereocenters. The number of anilines is 1. The van der Waals surface area contributed by atoms with Crippen LogP contribution in [0.4, 0.5) is 5.69 Å². The molecular formula is C18H30N2. The summed E-state index contributed by atoms with van der Waals surface area (Å²) in [4.78, 5) is 2.59. The lowest BCUT2D eigenvalue weighted by molar-refractivity contribution is 0.394. The largest absolute Gasteiger partial charge is 0.370 e. The predicted molar refractivity (Wildman–Crippen MR) is 88.6 cm³/mol. The van der Waals surface area contributed by atoms with Crippen molar-refractivity contribution in [1.82, 2.24) is 5.32 Å². The van der Waals surface area contributed by atoms with Gasteiger partial charge in [-0.1, -0.05) is 38.5 Å². The SMILES string of the molecule is CCCNC(CN1CCCc2cc(C)ccc21)C(C)C. The minimum absolute atomic E-state index is 0.585. The van der Waals surface area contributed by atoms with Gasteiger partial charge in [0.15, 0.2) is 0 Å². The van der Waals surface area contributed by atoms with Crippen LogP contribution in [0.25, 0.3) is 0 Å². The van der Waals surface area contributed by atoms with Crippen LogP contribution in [0.15, 0.2) is 18.2 Å². The summed E-state index contributed by atoms with van der Waals surface area (Å²) in [7, 11) is 0. The summed E-state index contributed by atoms with van der Waals surface area (Å²) >= 11 is 0. The second-order valence-corrected chi connectivity index (χ2v) is 6.49. The third-order valence-electron chi connectivity index (χ3n) is 4.33. The third-order valence-corrected chi connectivity index (χ3v) is 4.33. The Morgan fingerprint density at radius 2 is 2.10 bits per heavy atom. The molecule has 1 aliphatic rings. The third kappa shape index (κ3) is 3.76. The van der Waals surface area contributed by atoms with Gasteiger partial charge in [-0.2, -0.15) is 0 Å². The molecule has 2 rings (SSSR count). The predicted octanol–water partition coefficient (Wildman–Crippen LogP) is 3.77. The topological polar surface area (TPSA) is 15.3 Å². The van der Waals surface area contributed by atoms with Gasteiger partial charge in [0.25, 0.3) is 0 Å². The minimum atomic E-state index is 0.585. The molecule has 1 heterocycles. The van der Waals surface area contributed by atoms with E-state index in [0.29, 0.717) is 12.0 Å². The van der Waals surface area contributed by atoms with E-state index in [0.717, 1.165) is 13.1 Å². The first-order valence-corrected chi connectivity index (χ1v) is 8.19. The lowest BCUT2D eigenvalue weighted by Crippen LogP contribution is -2.46. The molecule has 0 spiro atoms. The van der Waals surface area contributed by atoms with Crippen LogP contribution in [0.3, 0.4) is 0 Å². The lowest BCUT2D eigenvalue weighted by atomic mass is 9.97. The highest BCUT2D eigenvalue weighted by atomic mass is 15.2. The van der Waals surface area contributed by atoms with Gasteiger partial charge in [-0.25, -0.2) is 0 Å². The van der Waals surface area contributed by atoms with E-state index >= 15 is 0 Å². The zero-order valence-corrected chi connectivity index (χ0v) is 13.6. The Balaban J connectivity index is 2.10. The first-order valence-electron chi connectivity index (χ1n) is 8.19. The van der Waals surface area contributed by atoms with E-state index in [1.807, 2.05) is 0 Å². The smallest absolute Gasteiger partial charge is 0.0399 e. The number of fused-ring (bicyclic) bond motifs is 1. The van der Waals surface area contributed by atoms with Crippen LogP contribution in [0.2, 0.25) is 0 Å². The molecule has 2 nitrogen and oxygen atoms in total. The Kier molecular flexibility index (Phi) is 5.47. The van der Waals surface area contributed by atoms with Crippen LogP contribution in [-0.4, -0.2) is 25.7 Å². The van der Waals surface area contributed by atoms with Crippen molar-refractivity contribution in [2.24, 2.45) is 5.92 Å². The van der Waals surface area contributed by atoms with Gasteiger partial charge < -0.3 is 10.2 Å². The highest BCUT2D eigenvalue weighted by Crippen LogP contribution is 2.28. The average Bonchev–Trinajstić information content (AvgIpc) is 2.42. The fraction of sp³-hybridized carbons (Fsp3) is 0.667. The summed E-state index contributed by atoms with van der Waals surface area (Å²) in [6.07, 6.45) is 3.73. The molecule has 0 amide bonds. The molecular weight excluding hydrogens is 244 g/mol. The summed E-state index contributed by atoms with van der Waals surface area (Å²) in [5.41, 5.74) is 4.38. The Morgan fingerprint density at radius 1 is 1.30 bits per heavy atom. The van der Waals surface area contributed by atoms with E-state index in [4.69, 9.17) is 0 Å². The van der Waals surface area contributed by atoms with Gasteiger partial charge >= 0.3 is 0 Å². The molecule has 20 heavy (non-hydrogen) atoms. The molecule has 1 N–H and O–H groups in total. The first-order chi connectivity index (χ1) is 9.61. The molecule has 1 aliphatic heterocycles. The van der Waals surface area contributed by atoms with Crippen LogP contribution in [0.1, 0.15) is 44.7 Å². The maximum atomic E-state index is 3.72. The maximum absolute atomic E-state index is 3.72. The number of nitrogens with zero attached hydrogens (tertiary/aromatic N) is 1. The molecule has 0 saturated heterocycles. The number of hydrogen-bond acceptors (Lipinski definition) is 2. The van der Waals surface area contributed by atoms with Crippen molar-refractivity contribution in [2.75, 3.05) is 24.5 Å². The summed E-state index contributed by atoms with van der Waals surface area (Å²) in [6, 6.07) is 7.52. The number of hydrogen-bond donors (Lipinski definition) is 1. The maximum Gasteiger partial charge on any atom is 0.0399 e. The van der Waals surface area contributed by atoms with E-state index in [-0.39, 0.29) is 0 Å². The van der Waals surface area contributed by atoms with Crippen molar-refractivity contribution in [3.8, 4) is 0 Å². The average molecular weight is 274 g/mol. The van der Waals surface area contributed by atoms with E-state index in [1.54, 1.807) is 0 Å². The summed E-state index contributed by atoms with van der Waals surface area (Å²) in [5.74, 6) is 0.678. The fourth-order valence-electron chi connectivity index (χ4n) is 3.07. The molecule has 1 aromatic rings. The van der Waals surface area contributed by atoms with Crippen LogP contribution in [-0.2, 0) is 6.42 Å². The van der Waals surface area contributed by atoms with Gasteiger partial charge in [-0.3, -0.25) is 0 Å². The Labute approximate surface area is 124 Å². The van der Waals surface area contributed by atoms with E-state index in [2.05, 4.69) is 56.1 Å². The minimum Gasteiger partial charge on any atom is -0.370 e. The molecule has 0 saturated carbocycles. The Morgan fingerprint density at radius 3 is 2.80 bits per heavy atom. The van der Waals surface area contributed by atoms with Crippen LogP contribution in [0.5, 0.6) is 0 Å². The van der Waals surface area contributed by atoms with Crippen molar-refractivity contribution in [2.45, 2.75) is 53.0 Å². The summed E-state index contributed by atoms with van der Waals surface area (Å²) in [6.45, 7) is 12.5. The van der Waals surface area contributed by atoms with Crippen molar-refractivity contribution in [3.05, 3.63) is 29.3 Å². The standard InChI is InChI=1S/C18H30N2/c1-5-10-19-17(14(2)3)13-20-11-6-7-16-12-15(4)8-9-18(16)20/h8-9,12,14,17,19H,5-7,10-11,13H2,1-4H3. The molecule has 112 valence electrons. The summed E-state index contributed by atoms with van der Waals surface area (Å²) in [5, 5.41) is 3.72. The number of aryl methyl sites for hydroxylation is 2. The normalized spacial score (nSPS) is 16.4. The van der Waals surface area contributed by atoms with E-state index in [1.165, 1.54) is 42.6 Å². The first kappa shape index (κ1) is 15.4.